The van der Waals surface area contributed by atoms with Gasteiger partial charge in [-0.05, 0) is 31.9 Å². The molecular formula is C16H20N4O3. The van der Waals surface area contributed by atoms with Crippen LogP contribution in [-0.4, -0.2) is 33.4 Å². The maximum absolute atomic E-state index is 11.7. The molecule has 2 rings (SSSR count). The Kier molecular flexibility index (Phi) is 5.35. The van der Waals surface area contributed by atoms with Gasteiger partial charge in [0.15, 0.2) is 0 Å². The van der Waals surface area contributed by atoms with Crippen molar-refractivity contribution in [3.05, 3.63) is 41.7 Å². The molecule has 3 N–H and O–H groups in total. The van der Waals surface area contributed by atoms with Crippen LogP contribution in [-0.2, 0) is 4.79 Å². The maximum Gasteiger partial charge on any atom is 0.319 e. The highest BCUT2D eigenvalue weighted by atomic mass is 16.4. The lowest BCUT2D eigenvalue weighted by atomic mass is 10.1. The molecule has 0 saturated carbocycles. The normalized spacial score (nSPS) is 10.3. The number of hydrogen-bond acceptors (Lipinski definition) is 3. The lowest BCUT2D eigenvalue weighted by Crippen LogP contribution is -2.29. The van der Waals surface area contributed by atoms with E-state index in [0.717, 1.165) is 11.3 Å². The first-order valence-corrected chi connectivity index (χ1v) is 7.34. The summed E-state index contributed by atoms with van der Waals surface area (Å²) in [5.41, 5.74) is 3.79. The van der Waals surface area contributed by atoms with Crippen LogP contribution in [0.5, 0.6) is 0 Å². The van der Waals surface area contributed by atoms with Crippen LogP contribution in [0.15, 0.2) is 30.6 Å². The van der Waals surface area contributed by atoms with Crippen molar-refractivity contribution >= 4 is 17.7 Å². The predicted octanol–water partition coefficient (Wildman–Crippen LogP) is 2.48. The quantitative estimate of drug-likeness (QED) is 0.713. The van der Waals surface area contributed by atoms with Crippen molar-refractivity contribution in [2.45, 2.75) is 26.7 Å². The fourth-order valence-corrected chi connectivity index (χ4v) is 2.20. The third-order valence-electron chi connectivity index (χ3n) is 3.29. The number of carboxylic acid groups (broad SMARTS) is 1. The number of hydrogen-bond donors (Lipinski definition) is 3. The highest BCUT2D eigenvalue weighted by Gasteiger charge is 2.07. The predicted molar refractivity (Wildman–Crippen MR) is 86.9 cm³/mol. The Morgan fingerprint density at radius 1 is 1.30 bits per heavy atom. The van der Waals surface area contributed by atoms with E-state index in [4.69, 9.17) is 5.11 Å². The molecule has 7 nitrogen and oxygen atoms in total. The number of urea groups is 1. The van der Waals surface area contributed by atoms with Gasteiger partial charge < -0.3 is 15.7 Å². The second-order valence-electron chi connectivity index (χ2n) is 5.34. The fraction of sp³-hybridized carbons (Fsp3) is 0.312. The van der Waals surface area contributed by atoms with E-state index in [1.807, 2.05) is 26.0 Å². The topological polar surface area (TPSA) is 96.2 Å². The number of rotatable bonds is 6. The Morgan fingerprint density at radius 3 is 2.78 bits per heavy atom. The van der Waals surface area contributed by atoms with Gasteiger partial charge in [-0.1, -0.05) is 17.7 Å². The van der Waals surface area contributed by atoms with Crippen molar-refractivity contribution in [3.63, 3.8) is 0 Å². The van der Waals surface area contributed by atoms with E-state index in [-0.39, 0.29) is 12.5 Å². The summed E-state index contributed by atoms with van der Waals surface area (Å²) in [4.78, 5) is 22.1. The zero-order chi connectivity index (χ0) is 16.8. The van der Waals surface area contributed by atoms with E-state index in [1.54, 1.807) is 17.1 Å². The van der Waals surface area contributed by atoms with Gasteiger partial charge in [0.25, 0.3) is 0 Å². The summed E-state index contributed by atoms with van der Waals surface area (Å²) in [5.74, 6) is -0.873. The molecule has 0 saturated heterocycles. The van der Waals surface area contributed by atoms with Gasteiger partial charge in [0, 0.05) is 13.0 Å². The zero-order valence-corrected chi connectivity index (χ0v) is 13.2. The van der Waals surface area contributed by atoms with Gasteiger partial charge in [0.05, 0.1) is 23.8 Å². The molecule has 122 valence electrons. The molecule has 7 heteroatoms. The summed E-state index contributed by atoms with van der Waals surface area (Å²) in [6, 6.07) is 5.68. The number of anilines is 1. The van der Waals surface area contributed by atoms with Crippen LogP contribution >= 0.6 is 0 Å². The summed E-state index contributed by atoms with van der Waals surface area (Å²) < 4.78 is 1.70. The van der Waals surface area contributed by atoms with E-state index in [9.17, 15) is 9.59 Å². The highest BCUT2D eigenvalue weighted by molar-refractivity contribution is 5.88. The molecule has 0 atom stereocenters. The number of carbonyl (C=O) groups excluding carboxylic acids is 1. The van der Waals surface area contributed by atoms with Crippen LogP contribution in [0.1, 0.15) is 24.0 Å². The number of nitrogens with zero attached hydrogens (tertiary/aromatic N) is 2. The Bertz CT molecular complexity index is 709. The van der Waals surface area contributed by atoms with Crippen molar-refractivity contribution in [1.82, 2.24) is 15.1 Å². The van der Waals surface area contributed by atoms with Gasteiger partial charge in [-0.2, -0.15) is 5.10 Å². The monoisotopic (exact) mass is 316 g/mol. The molecule has 0 aliphatic rings. The molecule has 0 spiro atoms. The molecule has 1 aromatic carbocycles. The number of carboxylic acids is 1. The Hall–Kier alpha value is -2.83. The smallest absolute Gasteiger partial charge is 0.319 e. The van der Waals surface area contributed by atoms with Gasteiger partial charge in [-0.25, -0.2) is 9.48 Å². The van der Waals surface area contributed by atoms with Crippen LogP contribution < -0.4 is 10.6 Å². The lowest BCUT2D eigenvalue weighted by molar-refractivity contribution is -0.137. The number of aryl methyl sites for hydroxylation is 2. The minimum Gasteiger partial charge on any atom is -0.481 e. The minimum atomic E-state index is -0.873. The molecule has 1 heterocycles. The first kappa shape index (κ1) is 16.5. The lowest BCUT2D eigenvalue weighted by Gasteiger charge is -2.07. The number of benzene rings is 1. The maximum atomic E-state index is 11.7. The van der Waals surface area contributed by atoms with Gasteiger partial charge in [0.2, 0.25) is 0 Å². The summed E-state index contributed by atoms with van der Waals surface area (Å²) in [6.07, 6.45) is 3.72. The summed E-state index contributed by atoms with van der Waals surface area (Å²) in [7, 11) is 0. The second-order valence-corrected chi connectivity index (χ2v) is 5.34. The average molecular weight is 316 g/mol. The third-order valence-corrected chi connectivity index (χ3v) is 3.29. The second kappa shape index (κ2) is 7.44. The summed E-state index contributed by atoms with van der Waals surface area (Å²) in [6.45, 7) is 4.34. The van der Waals surface area contributed by atoms with Gasteiger partial charge in [-0.15, -0.1) is 0 Å². The Labute approximate surface area is 134 Å². The zero-order valence-electron chi connectivity index (χ0n) is 13.2. The largest absolute Gasteiger partial charge is 0.481 e. The molecule has 0 aliphatic carbocycles. The highest BCUT2D eigenvalue weighted by Crippen LogP contribution is 2.17. The SMILES string of the molecule is Cc1ccc(-n2cc(NC(=O)NCCCC(=O)O)cn2)c(C)c1. The molecule has 2 amide bonds. The van der Waals surface area contributed by atoms with Crippen molar-refractivity contribution in [3.8, 4) is 5.69 Å². The minimum absolute atomic E-state index is 0.0327. The molecule has 0 unspecified atom stereocenters. The molecule has 0 bridgehead atoms. The van der Waals surface area contributed by atoms with E-state index < -0.39 is 5.97 Å². The Balaban J connectivity index is 1.92. The van der Waals surface area contributed by atoms with Crippen molar-refractivity contribution in [2.75, 3.05) is 11.9 Å². The standard InChI is InChI=1S/C16H20N4O3/c1-11-5-6-14(12(2)8-11)20-10-13(9-18-20)19-16(23)17-7-3-4-15(21)22/h5-6,8-10H,3-4,7H2,1-2H3,(H,21,22)(H2,17,19,23). The summed E-state index contributed by atoms with van der Waals surface area (Å²) >= 11 is 0. The van der Waals surface area contributed by atoms with Crippen molar-refractivity contribution < 1.29 is 14.7 Å². The first-order chi connectivity index (χ1) is 11.0. The van der Waals surface area contributed by atoms with Gasteiger partial charge in [0.1, 0.15) is 0 Å². The average Bonchev–Trinajstić information content (AvgIpc) is 2.91. The van der Waals surface area contributed by atoms with Crippen molar-refractivity contribution in [2.24, 2.45) is 0 Å². The number of aromatic nitrogens is 2. The fourth-order valence-electron chi connectivity index (χ4n) is 2.20. The first-order valence-electron chi connectivity index (χ1n) is 7.34. The van der Waals surface area contributed by atoms with E-state index >= 15 is 0 Å². The van der Waals surface area contributed by atoms with Crippen molar-refractivity contribution in [1.29, 1.82) is 0 Å². The molecule has 0 radical (unpaired) electrons. The van der Waals surface area contributed by atoms with E-state index in [1.165, 1.54) is 5.56 Å². The molecule has 23 heavy (non-hydrogen) atoms. The number of amides is 2. The Morgan fingerprint density at radius 2 is 2.09 bits per heavy atom. The van der Waals surface area contributed by atoms with Gasteiger partial charge in [-0.3, -0.25) is 4.79 Å². The van der Waals surface area contributed by atoms with E-state index in [2.05, 4.69) is 21.8 Å². The summed E-state index contributed by atoms with van der Waals surface area (Å²) in [5, 5.41) is 18.0. The number of nitrogens with one attached hydrogen (secondary N) is 2. The van der Waals surface area contributed by atoms with E-state index in [0.29, 0.717) is 18.7 Å². The van der Waals surface area contributed by atoms with Crippen LogP contribution in [0.3, 0.4) is 0 Å². The van der Waals surface area contributed by atoms with Crippen LogP contribution in [0.4, 0.5) is 10.5 Å². The molecule has 0 aliphatic heterocycles. The molecule has 2 aromatic rings. The van der Waals surface area contributed by atoms with Crippen LogP contribution in [0.25, 0.3) is 5.69 Å². The molecule has 1 aromatic heterocycles. The molecule has 0 fully saturated rings. The molecular weight excluding hydrogens is 296 g/mol. The number of aliphatic carboxylic acids is 1. The van der Waals surface area contributed by atoms with Crippen LogP contribution in [0, 0.1) is 13.8 Å². The third kappa shape index (κ3) is 4.84. The number of carbonyl (C=O) groups is 2. The van der Waals surface area contributed by atoms with Gasteiger partial charge >= 0.3 is 12.0 Å². The van der Waals surface area contributed by atoms with Crippen LogP contribution in [0.2, 0.25) is 0 Å².